The summed E-state index contributed by atoms with van der Waals surface area (Å²) in [5.41, 5.74) is 2.97. The molecule has 2 aliphatic heterocycles. The summed E-state index contributed by atoms with van der Waals surface area (Å²) in [7, 11) is 6.60. The number of likely N-dealkylation sites (N-methyl/N-ethyl adjacent to an activating group) is 1. The number of fused-ring (bicyclic) bond motifs is 2. The van der Waals surface area contributed by atoms with E-state index in [0.29, 0.717) is 39.9 Å². The molecule has 30 heavy (non-hydrogen) atoms. The predicted molar refractivity (Wildman–Crippen MR) is 109 cm³/mol. The molecule has 0 radical (unpaired) electrons. The van der Waals surface area contributed by atoms with E-state index in [-0.39, 0.29) is 13.4 Å². The summed E-state index contributed by atoms with van der Waals surface area (Å²) in [6, 6.07) is 5.05. The molecule has 0 amide bonds. The zero-order valence-corrected chi connectivity index (χ0v) is 17.6. The molecule has 2 aromatic rings. The molecule has 2 aromatic carbocycles. The van der Waals surface area contributed by atoms with E-state index in [1.807, 2.05) is 13.1 Å². The lowest BCUT2D eigenvalue weighted by atomic mass is 9.84. The summed E-state index contributed by atoms with van der Waals surface area (Å²) in [6.45, 7) is 0.593. The highest BCUT2D eigenvalue weighted by molar-refractivity contribution is 5.62. The molecule has 0 saturated carbocycles. The lowest BCUT2D eigenvalue weighted by Gasteiger charge is -2.39. The summed E-state index contributed by atoms with van der Waals surface area (Å²) in [4.78, 5) is 2.08. The van der Waals surface area contributed by atoms with Gasteiger partial charge in [0.1, 0.15) is 0 Å². The van der Waals surface area contributed by atoms with Gasteiger partial charge >= 0.3 is 0 Å². The molecule has 0 aromatic heterocycles. The van der Waals surface area contributed by atoms with Crippen LogP contribution in [0.1, 0.15) is 34.4 Å². The van der Waals surface area contributed by atoms with E-state index in [9.17, 15) is 10.2 Å². The average molecular weight is 417 g/mol. The quantitative estimate of drug-likeness (QED) is 0.740. The van der Waals surface area contributed by atoms with Crippen molar-refractivity contribution in [2.75, 3.05) is 41.7 Å². The minimum absolute atomic E-state index is 0.141. The second-order valence-electron chi connectivity index (χ2n) is 7.36. The van der Waals surface area contributed by atoms with Crippen LogP contribution >= 0.6 is 0 Å². The number of hydrogen-bond acceptors (Lipinski definition) is 8. The molecule has 8 heteroatoms. The summed E-state index contributed by atoms with van der Waals surface area (Å²) in [6.07, 6.45) is -0.161. The van der Waals surface area contributed by atoms with Gasteiger partial charge in [0, 0.05) is 17.7 Å². The van der Waals surface area contributed by atoms with Gasteiger partial charge in [0.2, 0.25) is 12.5 Å². The highest BCUT2D eigenvalue weighted by atomic mass is 16.7. The van der Waals surface area contributed by atoms with Crippen LogP contribution in [0.2, 0.25) is 0 Å². The van der Waals surface area contributed by atoms with Crippen molar-refractivity contribution in [3.05, 3.63) is 40.5 Å². The topological polar surface area (TPSA) is 89.9 Å². The van der Waals surface area contributed by atoms with E-state index in [1.165, 1.54) is 14.2 Å². The summed E-state index contributed by atoms with van der Waals surface area (Å²) < 4.78 is 27.7. The van der Waals surface area contributed by atoms with Crippen LogP contribution in [0.5, 0.6) is 28.7 Å². The third-order valence-electron chi connectivity index (χ3n) is 5.91. The number of aliphatic hydroxyl groups excluding tert-OH is 2. The molecular weight excluding hydrogens is 390 g/mol. The Balaban J connectivity index is 1.86. The number of methoxy groups -OCH3 is 3. The van der Waals surface area contributed by atoms with E-state index in [0.717, 1.165) is 24.1 Å². The first kappa shape index (κ1) is 20.6. The molecule has 8 nitrogen and oxygen atoms in total. The highest BCUT2D eigenvalue weighted by Gasteiger charge is 2.39. The van der Waals surface area contributed by atoms with Crippen molar-refractivity contribution in [2.24, 2.45) is 0 Å². The second-order valence-corrected chi connectivity index (χ2v) is 7.36. The third-order valence-corrected chi connectivity index (χ3v) is 5.91. The van der Waals surface area contributed by atoms with Gasteiger partial charge in [-0.05, 0) is 36.7 Å². The molecule has 0 aliphatic carbocycles. The van der Waals surface area contributed by atoms with Gasteiger partial charge in [0.25, 0.3) is 0 Å². The Morgan fingerprint density at radius 2 is 1.90 bits per heavy atom. The van der Waals surface area contributed by atoms with Gasteiger partial charge < -0.3 is 33.9 Å². The molecule has 4 rings (SSSR count). The van der Waals surface area contributed by atoms with Gasteiger partial charge in [-0.25, -0.2) is 0 Å². The fourth-order valence-electron chi connectivity index (χ4n) is 4.48. The number of aliphatic hydroxyl groups is 2. The second kappa shape index (κ2) is 8.22. The van der Waals surface area contributed by atoms with Crippen LogP contribution in [0.15, 0.2) is 18.2 Å². The first-order valence-electron chi connectivity index (χ1n) is 9.77. The molecule has 0 spiro atoms. The first-order valence-corrected chi connectivity index (χ1v) is 9.77. The Kier molecular flexibility index (Phi) is 5.64. The lowest BCUT2D eigenvalue weighted by molar-refractivity contribution is 0.0524. The Morgan fingerprint density at radius 3 is 2.57 bits per heavy atom. The summed E-state index contributed by atoms with van der Waals surface area (Å²) in [5.74, 6) is 2.69. The van der Waals surface area contributed by atoms with Crippen LogP contribution in [-0.4, -0.2) is 56.8 Å². The molecule has 2 aliphatic rings. The molecule has 0 unspecified atom stereocenters. The van der Waals surface area contributed by atoms with E-state index < -0.39 is 12.1 Å². The van der Waals surface area contributed by atoms with Gasteiger partial charge in [0.05, 0.1) is 40.1 Å². The van der Waals surface area contributed by atoms with Crippen LogP contribution in [0.4, 0.5) is 0 Å². The number of nitrogens with zero attached hydrogens (tertiary/aromatic N) is 1. The van der Waals surface area contributed by atoms with Gasteiger partial charge in [-0.1, -0.05) is 6.07 Å². The molecular formula is C22H27NO7. The average Bonchev–Trinajstić information content (AvgIpc) is 3.24. The number of rotatable bonds is 6. The third kappa shape index (κ3) is 3.12. The van der Waals surface area contributed by atoms with Crippen LogP contribution in [0.3, 0.4) is 0 Å². The van der Waals surface area contributed by atoms with Crippen molar-refractivity contribution in [1.29, 1.82) is 0 Å². The standard InChI is InChI=1S/C22H27NO7/c1-23-8-7-12-9-16-21(30-11-29-16)22(28-4)17(12)18(23)19(25)13-5-6-15(26-2)20(27-3)14(13)10-24/h5-6,9,18-19,24-25H,7-8,10-11H2,1-4H3/t18-,19+/m0/s1. The molecule has 2 N–H and O–H groups in total. The first-order chi connectivity index (χ1) is 14.5. The SMILES string of the molecule is COc1ccc([C@@H](O)[C@@H]2c3c(cc4c(c3OC)OCO4)CCN2C)c(CO)c1OC. The zero-order chi connectivity index (χ0) is 21.4. The zero-order valence-electron chi connectivity index (χ0n) is 17.6. The molecule has 0 saturated heterocycles. The number of ether oxygens (including phenoxy) is 5. The van der Waals surface area contributed by atoms with Crippen LogP contribution in [0, 0.1) is 0 Å². The molecule has 162 valence electrons. The van der Waals surface area contributed by atoms with Crippen molar-refractivity contribution in [2.45, 2.75) is 25.2 Å². The normalized spacial score (nSPS) is 18.7. The Morgan fingerprint density at radius 1 is 1.13 bits per heavy atom. The van der Waals surface area contributed by atoms with E-state index in [4.69, 9.17) is 23.7 Å². The summed E-state index contributed by atoms with van der Waals surface area (Å²) >= 11 is 0. The molecule has 2 heterocycles. The van der Waals surface area contributed by atoms with Gasteiger partial charge in [-0.15, -0.1) is 0 Å². The van der Waals surface area contributed by atoms with Gasteiger partial charge in [-0.3, -0.25) is 4.90 Å². The van der Waals surface area contributed by atoms with Crippen molar-refractivity contribution >= 4 is 0 Å². The maximum Gasteiger partial charge on any atom is 0.231 e. The molecule has 0 bridgehead atoms. The number of hydrogen-bond donors (Lipinski definition) is 2. The van der Waals surface area contributed by atoms with E-state index in [1.54, 1.807) is 19.2 Å². The molecule has 2 atom stereocenters. The largest absolute Gasteiger partial charge is 0.493 e. The van der Waals surface area contributed by atoms with Crippen LogP contribution in [-0.2, 0) is 13.0 Å². The van der Waals surface area contributed by atoms with E-state index in [2.05, 4.69) is 4.90 Å². The monoisotopic (exact) mass is 417 g/mol. The molecule has 0 fully saturated rings. The number of benzene rings is 2. The smallest absolute Gasteiger partial charge is 0.231 e. The van der Waals surface area contributed by atoms with Crippen molar-refractivity contribution in [3.8, 4) is 28.7 Å². The fourth-order valence-corrected chi connectivity index (χ4v) is 4.48. The fraction of sp³-hybridized carbons (Fsp3) is 0.455. The van der Waals surface area contributed by atoms with Gasteiger partial charge in [0.15, 0.2) is 23.0 Å². The van der Waals surface area contributed by atoms with Crippen LogP contribution < -0.4 is 23.7 Å². The Hall–Kier alpha value is -2.68. The van der Waals surface area contributed by atoms with Crippen molar-refractivity contribution < 1.29 is 33.9 Å². The maximum atomic E-state index is 11.5. The van der Waals surface area contributed by atoms with Crippen molar-refractivity contribution in [1.82, 2.24) is 4.90 Å². The minimum atomic E-state index is -0.953. The Labute approximate surface area is 175 Å². The Bertz CT molecular complexity index is 946. The maximum absolute atomic E-state index is 11.5. The lowest BCUT2D eigenvalue weighted by Crippen LogP contribution is -2.36. The predicted octanol–water partition coefficient (Wildman–Crippen LogP) is 2.20. The van der Waals surface area contributed by atoms with Gasteiger partial charge in [-0.2, -0.15) is 0 Å². The van der Waals surface area contributed by atoms with E-state index >= 15 is 0 Å². The minimum Gasteiger partial charge on any atom is -0.493 e. The van der Waals surface area contributed by atoms with Crippen LogP contribution in [0.25, 0.3) is 0 Å². The van der Waals surface area contributed by atoms with Crippen molar-refractivity contribution in [3.63, 3.8) is 0 Å². The highest BCUT2D eigenvalue weighted by Crippen LogP contribution is 2.52. The summed E-state index contributed by atoms with van der Waals surface area (Å²) in [5, 5.41) is 21.6.